The fraction of sp³-hybridized carbons (Fsp3) is 0.286. The average molecular weight is 392 g/mol. The Labute approximate surface area is 136 Å². The number of hydrogen-bond acceptors (Lipinski definition) is 3. The van der Waals surface area contributed by atoms with E-state index in [9.17, 15) is 12.8 Å². The normalized spacial score (nSPS) is 12.0. The highest BCUT2D eigenvalue weighted by Crippen LogP contribution is 2.27. The SMILES string of the molecule is CCN(Cc1ccc(Br)s1)S(=O)(=O)c1ccc(F)cc1C. The number of hydrogen-bond donors (Lipinski definition) is 0. The van der Waals surface area contributed by atoms with Crippen LogP contribution in [0.3, 0.4) is 0 Å². The minimum atomic E-state index is -3.63. The van der Waals surface area contributed by atoms with Crippen LogP contribution in [0, 0.1) is 12.7 Å². The second-order valence-corrected chi connectivity index (χ2v) is 9.00. The van der Waals surface area contributed by atoms with E-state index in [1.807, 2.05) is 12.1 Å². The molecule has 0 atom stereocenters. The molecule has 0 aliphatic rings. The molecule has 2 rings (SSSR count). The van der Waals surface area contributed by atoms with Gasteiger partial charge >= 0.3 is 0 Å². The molecule has 0 fully saturated rings. The largest absolute Gasteiger partial charge is 0.243 e. The van der Waals surface area contributed by atoms with Gasteiger partial charge in [-0.05, 0) is 58.7 Å². The van der Waals surface area contributed by atoms with Gasteiger partial charge in [-0.25, -0.2) is 12.8 Å². The Morgan fingerprint density at radius 2 is 2.00 bits per heavy atom. The van der Waals surface area contributed by atoms with E-state index >= 15 is 0 Å². The predicted molar refractivity (Wildman–Crippen MR) is 86.4 cm³/mol. The van der Waals surface area contributed by atoms with E-state index in [4.69, 9.17) is 0 Å². The molecule has 0 aliphatic heterocycles. The Bertz CT molecular complexity index is 743. The molecule has 0 spiro atoms. The Morgan fingerprint density at radius 3 is 2.52 bits per heavy atom. The number of nitrogens with zero attached hydrogens (tertiary/aromatic N) is 1. The van der Waals surface area contributed by atoms with Crippen LogP contribution in [0.1, 0.15) is 17.4 Å². The lowest BCUT2D eigenvalue weighted by Gasteiger charge is -2.21. The molecule has 0 saturated heterocycles. The van der Waals surface area contributed by atoms with Gasteiger partial charge < -0.3 is 0 Å². The molecule has 0 unspecified atom stereocenters. The van der Waals surface area contributed by atoms with Crippen LogP contribution in [-0.4, -0.2) is 19.3 Å². The number of thiophene rings is 1. The van der Waals surface area contributed by atoms with E-state index in [1.54, 1.807) is 13.8 Å². The van der Waals surface area contributed by atoms with Gasteiger partial charge in [0.1, 0.15) is 5.82 Å². The van der Waals surface area contributed by atoms with Crippen molar-refractivity contribution >= 4 is 37.3 Å². The van der Waals surface area contributed by atoms with Crippen molar-refractivity contribution in [2.45, 2.75) is 25.3 Å². The Kier molecular flexibility index (Phi) is 5.19. The third kappa shape index (κ3) is 3.71. The van der Waals surface area contributed by atoms with Gasteiger partial charge in [-0.15, -0.1) is 11.3 Å². The van der Waals surface area contributed by atoms with Crippen molar-refractivity contribution < 1.29 is 12.8 Å². The fourth-order valence-electron chi connectivity index (χ4n) is 2.02. The summed E-state index contributed by atoms with van der Waals surface area (Å²) in [6.07, 6.45) is 0. The molecule has 21 heavy (non-hydrogen) atoms. The van der Waals surface area contributed by atoms with E-state index in [-0.39, 0.29) is 4.90 Å². The number of benzene rings is 1. The molecular formula is C14H15BrFNO2S2. The lowest BCUT2D eigenvalue weighted by atomic mass is 10.2. The zero-order chi connectivity index (χ0) is 15.6. The van der Waals surface area contributed by atoms with Gasteiger partial charge in [0.05, 0.1) is 8.68 Å². The lowest BCUT2D eigenvalue weighted by Crippen LogP contribution is -2.30. The second-order valence-electron chi connectivity index (χ2n) is 4.55. The van der Waals surface area contributed by atoms with Gasteiger partial charge in [-0.2, -0.15) is 4.31 Å². The third-order valence-corrected chi connectivity index (χ3v) is 6.76. The van der Waals surface area contributed by atoms with E-state index in [0.717, 1.165) is 8.66 Å². The van der Waals surface area contributed by atoms with Crippen molar-refractivity contribution in [1.82, 2.24) is 4.31 Å². The monoisotopic (exact) mass is 391 g/mol. The van der Waals surface area contributed by atoms with Gasteiger partial charge in [0, 0.05) is 18.0 Å². The quantitative estimate of drug-likeness (QED) is 0.766. The van der Waals surface area contributed by atoms with Gasteiger partial charge in [0.15, 0.2) is 0 Å². The first-order valence-corrected chi connectivity index (χ1v) is 9.40. The van der Waals surface area contributed by atoms with Gasteiger partial charge in [-0.3, -0.25) is 0 Å². The molecule has 1 aromatic carbocycles. The van der Waals surface area contributed by atoms with Crippen LogP contribution in [0.2, 0.25) is 0 Å². The topological polar surface area (TPSA) is 37.4 Å². The van der Waals surface area contributed by atoms with Crippen LogP contribution in [0.15, 0.2) is 39.0 Å². The van der Waals surface area contributed by atoms with Crippen molar-refractivity contribution in [3.63, 3.8) is 0 Å². The molecule has 1 aromatic heterocycles. The van der Waals surface area contributed by atoms with E-state index in [2.05, 4.69) is 15.9 Å². The molecule has 3 nitrogen and oxygen atoms in total. The Morgan fingerprint density at radius 1 is 1.29 bits per heavy atom. The van der Waals surface area contributed by atoms with Crippen molar-refractivity contribution in [2.24, 2.45) is 0 Å². The number of sulfonamides is 1. The van der Waals surface area contributed by atoms with Crippen molar-refractivity contribution in [1.29, 1.82) is 0 Å². The molecule has 7 heteroatoms. The predicted octanol–water partition coefficient (Wildman–Crippen LogP) is 4.17. The minimum absolute atomic E-state index is 0.154. The van der Waals surface area contributed by atoms with Crippen LogP contribution in [0.25, 0.3) is 0 Å². The number of halogens is 2. The fourth-order valence-corrected chi connectivity index (χ4v) is 5.23. The number of aryl methyl sites for hydroxylation is 1. The molecule has 0 aliphatic carbocycles. The standard InChI is InChI=1S/C14H15BrFNO2S2/c1-3-17(9-12-5-7-14(15)20-12)21(18,19)13-6-4-11(16)8-10(13)2/h4-8H,3,9H2,1-2H3. The summed E-state index contributed by atoms with van der Waals surface area (Å²) >= 11 is 4.87. The van der Waals surface area contributed by atoms with Gasteiger partial charge in [-0.1, -0.05) is 6.92 Å². The molecular weight excluding hydrogens is 377 g/mol. The molecule has 114 valence electrons. The van der Waals surface area contributed by atoms with Crippen molar-refractivity contribution in [3.05, 3.63) is 50.4 Å². The summed E-state index contributed by atoms with van der Waals surface area (Å²) in [6, 6.07) is 7.53. The smallest absolute Gasteiger partial charge is 0.207 e. The third-order valence-electron chi connectivity index (χ3n) is 3.07. The maximum atomic E-state index is 13.2. The molecule has 2 aromatic rings. The van der Waals surface area contributed by atoms with Crippen LogP contribution in [0.4, 0.5) is 4.39 Å². The maximum absolute atomic E-state index is 13.2. The summed E-state index contributed by atoms with van der Waals surface area (Å²) in [6.45, 7) is 4.06. The zero-order valence-electron chi connectivity index (χ0n) is 11.6. The lowest BCUT2D eigenvalue weighted by molar-refractivity contribution is 0.426. The Hall–Kier alpha value is -0.760. The van der Waals surface area contributed by atoms with Crippen molar-refractivity contribution in [3.8, 4) is 0 Å². The van der Waals surface area contributed by atoms with Gasteiger partial charge in [0.2, 0.25) is 10.0 Å². The first kappa shape index (κ1) is 16.6. The molecule has 1 heterocycles. The molecule has 0 N–H and O–H groups in total. The maximum Gasteiger partial charge on any atom is 0.243 e. The van der Waals surface area contributed by atoms with E-state index < -0.39 is 15.8 Å². The molecule has 0 amide bonds. The van der Waals surface area contributed by atoms with E-state index in [1.165, 1.54) is 33.8 Å². The first-order chi connectivity index (χ1) is 9.84. The number of rotatable bonds is 5. The summed E-state index contributed by atoms with van der Waals surface area (Å²) in [7, 11) is -3.63. The Balaban J connectivity index is 2.35. The summed E-state index contributed by atoms with van der Waals surface area (Å²) in [5.74, 6) is -0.434. The van der Waals surface area contributed by atoms with Crippen LogP contribution < -0.4 is 0 Å². The zero-order valence-corrected chi connectivity index (χ0v) is 14.9. The molecule has 0 bridgehead atoms. The van der Waals surface area contributed by atoms with Crippen LogP contribution >= 0.6 is 27.3 Å². The average Bonchev–Trinajstić information content (AvgIpc) is 2.80. The molecule has 0 radical (unpaired) electrons. The molecule has 0 saturated carbocycles. The second kappa shape index (κ2) is 6.56. The van der Waals surface area contributed by atoms with Crippen LogP contribution in [0.5, 0.6) is 0 Å². The summed E-state index contributed by atoms with van der Waals surface area (Å²) in [5.41, 5.74) is 0.417. The van der Waals surface area contributed by atoms with Crippen LogP contribution in [-0.2, 0) is 16.6 Å². The summed E-state index contributed by atoms with van der Waals surface area (Å²) in [4.78, 5) is 1.11. The summed E-state index contributed by atoms with van der Waals surface area (Å²) < 4.78 is 40.9. The highest BCUT2D eigenvalue weighted by atomic mass is 79.9. The highest BCUT2D eigenvalue weighted by Gasteiger charge is 2.25. The summed E-state index contributed by atoms with van der Waals surface area (Å²) in [5, 5.41) is 0. The van der Waals surface area contributed by atoms with E-state index in [0.29, 0.717) is 18.7 Å². The van der Waals surface area contributed by atoms with Gasteiger partial charge in [0.25, 0.3) is 0 Å². The highest BCUT2D eigenvalue weighted by molar-refractivity contribution is 9.11. The minimum Gasteiger partial charge on any atom is -0.207 e. The first-order valence-electron chi connectivity index (χ1n) is 6.35. The van der Waals surface area contributed by atoms with Crippen molar-refractivity contribution in [2.75, 3.05) is 6.54 Å².